The zero-order valence-corrected chi connectivity index (χ0v) is 16.9. The number of aromatic nitrogens is 3. The number of nitrogens with zero attached hydrogens (tertiary/aromatic N) is 4. The minimum absolute atomic E-state index is 0.0718. The highest BCUT2D eigenvalue weighted by molar-refractivity contribution is 5.95. The van der Waals surface area contributed by atoms with Crippen LogP contribution in [0.25, 0.3) is 0 Å². The Bertz CT molecular complexity index is 915. The number of anilines is 4. The van der Waals surface area contributed by atoms with E-state index in [4.69, 9.17) is 10.5 Å². The van der Waals surface area contributed by atoms with Crippen LogP contribution in [0.5, 0.6) is 0 Å². The van der Waals surface area contributed by atoms with Crippen LogP contribution in [-0.2, 0) is 4.74 Å². The van der Waals surface area contributed by atoms with E-state index in [2.05, 4.69) is 42.8 Å². The second-order valence-electron chi connectivity index (χ2n) is 8.62. The number of piperidine rings is 1. The molecule has 158 valence electrons. The third-order valence-electron chi connectivity index (χ3n) is 6.50. The Labute approximate surface area is 175 Å². The van der Waals surface area contributed by atoms with Gasteiger partial charge in [-0.05, 0) is 56.4 Å². The number of nitrogens with one attached hydrogen (secondary N) is 2. The van der Waals surface area contributed by atoms with Crippen molar-refractivity contribution >= 4 is 29.0 Å². The van der Waals surface area contributed by atoms with Gasteiger partial charge in [0.2, 0.25) is 5.95 Å². The Morgan fingerprint density at radius 3 is 2.43 bits per heavy atom. The molecule has 5 rings (SSSR count). The number of rotatable bonds is 6. The Hall–Kier alpha value is -2.94. The van der Waals surface area contributed by atoms with Gasteiger partial charge in [-0.2, -0.15) is 4.98 Å². The molecule has 1 aromatic carbocycles. The van der Waals surface area contributed by atoms with E-state index in [-0.39, 0.29) is 5.69 Å². The Kier molecular flexibility index (Phi) is 4.90. The molecule has 0 unspecified atom stereocenters. The van der Waals surface area contributed by atoms with Gasteiger partial charge in [-0.15, -0.1) is 10.2 Å². The van der Waals surface area contributed by atoms with E-state index >= 15 is 0 Å². The molecule has 1 amide bonds. The average Bonchev–Trinajstić information content (AvgIpc) is 2.70. The molecular formula is C21H27N7O2. The lowest BCUT2D eigenvalue weighted by Gasteiger charge is -2.47. The van der Waals surface area contributed by atoms with Gasteiger partial charge in [-0.25, -0.2) is 0 Å². The fraction of sp³-hybridized carbons (Fsp3) is 0.524. The second-order valence-corrected chi connectivity index (χ2v) is 8.62. The number of benzene rings is 1. The number of primary amides is 1. The molecule has 2 aromatic rings. The second kappa shape index (κ2) is 7.71. The van der Waals surface area contributed by atoms with Gasteiger partial charge in [-0.1, -0.05) is 0 Å². The quantitative estimate of drug-likeness (QED) is 0.665. The van der Waals surface area contributed by atoms with Crippen molar-refractivity contribution in [1.82, 2.24) is 15.2 Å². The van der Waals surface area contributed by atoms with Crippen LogP contribution in [0.4, 0.5) is 23.1 Å². The van der Waals surface area contributed by atoms with Crippen LogP contribution in [0.15, 0.2) is 24.3 Å². The van der Waals surface area contributed by atoms with Crippen molar-refractivity contribution in [2.45, 2.75) is 38.1 Å². The predicted octanol–water partition coefficient (Wildman–Crippen LogP) is 2.30. The lowest BCUT2D eigenvalue weighted by atomic mass is 9.77. The maximum absolute atomic E-state index is 11.6. The van der Waals surface area contributed by atoms with Crippen molar-refractivity contribution in [3.63, 3.8) is 0 Å². The molecule has 3 fully saturated rings. The minimum atomic E-state index is -0.635. The van der Waals surface area contributed by atoms with Gasteiger partial charge in [0.05, 0.1) is 13.2 Å². The third-order valence-corrected chi connectivity index (χ3v) is 6.50. The Morgan fingerprint density at radius 2 is 1.87 bits per heavy atom. The highest BCUT2D eigenvalue weighted by atomic mass is 16.5. The van der Waals surface area contributed by atoms with Gasteiger partial charge in [0, 0.05) is 35.9 Å². The molecule has 3 aliphatic rings. The summed E-state index contributed by atoms with van der Waals surface area (Å²) in [5.74, 6) is 0.0903. The van der Waals surface area contributed by atoms with E-state index < -0.39 is 5.91 Å². The zero-order chi connectivity index (χ0) is 20.6. The Balaban J connectivity index is 1.25. The van der Waals surface area contributed by atoms with Crippen molar-refractivity contribution in [3.8, 4) is 0 Å². The van der Waals surface area contributed by atoms with Crippen molar-refractivity contribution in [3.05, 3.63) is 30.0 Å². The summed E-state index contributed by atoms with van der Waals surface area (Å²) in [6.07, 6.45) is 5.66. The van der Waals surface area contributed by atoms with Crippen LogP contribution < -0.4 is 21.3 Å². The summed E-state index contributed by atoms with van der Waals surface area (Å²) in [6.45, 7) is 3.97. The maximum atomic E-state index is 11.6. The van der Waals surface area contributed by atoms with E-state index in [0.29, 0.717) is 23.2 Å². The molecule has 0 radical (unpaired) electrons. The molecule has 3 heterocycles. The first-order valence-corrected chi connectivity index (χ1v) is 10.6. The first-order chi connectivity index (χ1) is 14.6. The number of amides is 1. The monoisotopic (exact) mass is 409 g/mol. The van der Waals surface area contributed by atoms with Crippen LogP contribution in [0.1, 0.15) is 42.6 Å². The lowest BCUT2D eigenvalue weighted by molar-refractivity contribution is -0.124. The molecule has 2 aliphatic heterocycles. The van der Waals surface area contributed by atoms with Crippen molar-refractivity contribution in [1.29, 1.82) is 0 Å². The average molecular weight is 409 g/mol. The molecule has 1 spiro atoms. The number of hydrogen-bond donors (Lipinski definition) is 3. The topological polar surface area (TPSA) is 118 Å². The van der Waals surface area contributed by atoms with Crippen LogP contribution in [0.2, 0.25) is 0 Å². The van der Waals surface area contributed by atoms with E-state index in [1.807, 2.05) is 12.1 Å². The number of ether oxygens (including phenoxy) is 1. The van der Waals surface area contributed by atoms with Crippen LogP contribution in [0.3, 0.4) is 0 Å². The molecule has 0 bridgehead atoms. The van der Waals surface area contributed by atoms with E-state index in [1.165, 1.54) is 24.9 Å². The van der Waals surface area contributed by atoms with Crippen molar-refractivity contribution in [2.24, 2.45) is 11.1 Å². The van der Waals surface area contributed by atoms with Gasteiger partial charge in [0.25, 0.3) is 5.91 Å². The lowest BCUT2D eigenvalue weighted by Crippen LogP contribution is -2.50. The Morgan fingerprint density at radius 1 is 1.13 bits per heavy atom. The van der Waals surface area contributed by atoms with Crippen LogP contribution in [0, 0.1) is 5.41 Å². The molecular weight excluding hydrogens is 382 g/mol. The summed E-state index contributed by atoms with van der Waals surface area (Å²) < 4.78 is 5.41. The molecule has 1 aromatic heterocycles. The molecule has 9 heteroatoms. The number of nitrogens with two attached hydrogens (primary N) is 1. The molecule has 1 saturated carbocycles. The molecule has 1 aliphatic carbocycles. The van der Waals surface area contributed by atoms with Crippen molar-refractivity contribution in [2.75, 3.05) is 41.8 Å². The first-order valence-electron chi connectivity index (χ1n) is 10.6. The molecule has 0 atom stereocenters. The predicted molar refractivity (Wildman–Crippen MR) is 114 cm³/mol. The van der Waals surface area contributed by atoms with Gasteiger partial charge in [0.1, 0.15) is 0 Å². The normalized spacial score (nSPS) is 20.3. The van der Waals surface area contributed by atoms with Crippen LogP contribution >= 0.6 is 0 Å². The first kappa shape index (κ1) is 19.0. The molecule has 30 heavy (non-hydrogen) atoms. The minimum Gasteiger partial charge on any atom is -0.380 e. The number of hydrogen-bond acceptors (Lipinski definition) is 8. The third kappa shape index (κ3) is 3.77. The fourth-order valence-electron chi connectivity index (χ4n) is 4.19. The maximum Gasteiger partial charge on any atom is 0.273 e. The summed E-state index contributed by atoms with van der Waals surface area (Å²) in [5, 5.41) is 14.4. The van der Waals surface area contributed by atoms with Crippen molar-refractivity contribution < 1.29 is 9.53 Å². The summed E-state index contributed by atoms with van der Waals surface area (Å²) in [5.41, 5.74) is 8.00. The molecule has 2 saturated heterocycles. The summed E-state index contributed by atoms with van der Waals surface area (Å²) >= 11 is 0. The fourth-order valence-corrected chi connectivity index (χ4v) is 4.19. The molecule has 4 N–H and O–H groups in total. The summed E-state index contributed by atoms with van der Waals surface area (Å²) in [6, 6.07) is 8.54. The number of carbonyl (C=O) groups excluding carboxylic acids is 1. The highest BCUT2D eigenvalue weighted by Crippen LogP contribution is 2.39. The largest absolute Gasteiger partial charge is 0.380 e. The summed E-state index contributed by atoms with van der Waals surface area (Å²) in [7, 11) is 0. The van der Waals surface area contributed by atoms with Gasteiger partial charge < -0.3 is 26.0 Å². The van der Waals surface area contributed by atoms with Gasteiger partial charge in [0.15, 0.2) is 11.5 Å². The zero-order valence-electron chi connectivity index (χ0n) is 16.9. The van der Waals surface area contributed by atoms with Gasteiger partial charge in [-0.3, -0.25) is 4.79 Å². The van der Waals surface area contributed by atoms with E-state index in [0.717, 1.165) is 44.8 Å². The van der Waals surface area contributed by atoms with E-state index in [1.54, 1.807) is 0 Å². The molecule has 9 nitrogen and oxygen atoms in total. The van der Waals surface area contributed by atoms with Crippen LogP contribution in [-0.4, -0.2) is 53.4 Å². The summed E-state index contributed by atoms with van der Waals surface area (Å²) in [4.78, 5) is 18.5. The SMILES string of the molecule is NC(=O)c1nnc(Nc2ccc(N3CCC4(CC3)COC4)cc2)nc1NC1CCC1. The highest BCUT2D eigenvalue weighted by Gasteiger charge is 2.41. The van der Waals surface area contributed by atoms with E-state index in [9.17, 15) is 4.79 Å². The van der Waals surface area contributed by atoms with Gasteiger partial charge >= 0.3 is 0 Å². The standard InChI is InChI=1S/C21H27N7O2/c22-18(29)17-19(23-14-2-1-3-14)25-20(27-26-17)24-15-4-6-16(7-5-15)28-10-8-21(9-11-28)12-30-13-21/h4-7,14H,1-3,8-13H2,(H2,22,29)(H2,23,24,25,27). The smallest absolute Gasteiger partial charge is 0.273 e. The number of carbonyl (C=O) groups is 1.